The van der Waals surface area contributed by atoms with Crippen molar-refractivity contribution >= 4 is 23.4 Å². The van der Waals surface area contributed by atoms with Crippen LogP contribution in [0.15, 0.2) is 23.8 Å². The van der Waals surface area contributed by atoms with Crippen molar-refractivity contribution in [3.8, 4) is 0 Å². The van der Waals surface area contributed by atoms with Gasteiger partial charge in [0.2, 0.25) is 0 Å². The average molecular weight is 283 g/mol. The third-order valence-electron chi connectivity index (χ3n) is 2.84. The fourth-order valence-electron chi connectivity index (χ4n) is 1.66. The predicted octanol–water partition coefficient (Wildman–Crippen LogP) is 3.90. The normalized spacial score (nSPS) is 11.9. The van der Waals surface area contributed by atoms with E-state index in [2.05, 4.69) is 19.2 Å². The lowest BCUT2D eigenvalue weighted by molar-refractivity contribution is -0.384. The van der Waals surface area contributed by atoms with Gasteiger partial charge in [0, 0.05) is 12.6 Å². The number of hydrogen-bond donors (Lipinski definition) is 1. The van der Waals surface area contributed by atoms with Crippen LogP contribution in [-0.2, 0) is 0 Å². The zero-order valence-electron chi connectivity index (χ0n) is 11.4. The lowest BCUT2D eigenvalue weighted by atomic mass is 10.00. The van der Waals surface area contributed by atoms with Gasteiger partial charge in [-0.15, -0.1) is 0 Å². The Morgan fingerprint density at radius 2 is 2.21 bits per heavy atom. The van der Waals surface area contributed by atoms with Crippen LogP contribution < -0.4 is 5.32 Å². The van der Waals surface area contributed by atoms with E-state index < -0.39 is 4.92 Å². The monoisotopic (exact) mass is 282 g/mol. The maximum atomic E-state index is 10.9. The molecule has 0 spiro atoms. The molecule has 0 unspecified atom stereocenters. The van der Waals surface area contributed by atoms with E-state index in [1.165, 1.54) is 11.6 Å². The molecule has 0 bridgehead atoms. The van der Waals surface area contributed by atoms with E-state index in [4.69, 9.17) is 11.6 Å². The smallest absolute Gasteiger partial charge is 0.288 e. The van der Waals surface area contributed by atoms with E-state index in [9.17, 15) is 10.1 Å². The van der Waals surface area contributed by atoms with Gasteiger partial charge >= 0.3 is 0 Å². The van der Waals surface area contributed by atoms with Gasteiger partial charge in [0.05, 0.1) is 4.92 Å². The van der Waals surface area contributed by atoms with Crippen molar-refractivity contribution in [1.29, 1.82) is 0 Å². The molecule has 1 N–H and O–H groups in total. The van der Waals surface area contributed by atoms with Crippen molar-refractivity contribution in [1.82, 2.24) is 5.32 Å². The van der Waals surface area contributed by atoms with E-state index in [1.807, 2.05) is 13.0 Å². The zero-order valence-corrected chi connectivity index (χ0v) is 12.2. The summed E-state index contributed by atoms with van der Waals surface area (Å²) in [6.07, 6.45) is 1.98. The fraction of sp³-hybridized carbons (Fsp3) is 0.429. The number of benzene rings is 1. The highest BCUT2D eigenvalue weighted by Crippen LogP contribution is 2.26. The van der Waals surface area contributed by atoms with Crippen molar-refractivity contribution < 1.29 is 4.92 Å². The standard InChI is InChI=1S/C14H19ClN2O2/c1-4-16-9-12(10(2)3)7-11-5-6-13(15)14(8-11)17(18)19/h5-8,10,16H,4,9H2,1-3H3. The molecule has 0 heterocycles. The van der Waals surface area contributed by atoms with Crippen molar-refractivity contribution in [3.05, 3.63) is 44.5 Å². The van der Waals surface area contributed by atoms with E-state index in [0.29, 0.717) is 5.92 Å². The fourth-order valence-corrected chi connectivity index (χ4v) is 1.85. The van der Waals surface area contributed by atoms with Crippen LogP contribution in [0.4, 0.5) is 5.69 Å². The van der Waals surface area contributed by atoms with Gasteiger partial charge in [0.1, 0.15) is 5.02 Å². The van der Waals surface area contributed by atoms with E-state index in [0.717, 1.165) is 18.7 Å². The Morgan fingerprint density at radius 3 is 2.74 bits per heavy atom. The summed E-state index contributed by atoms with van der Waals surface area (Å²) in [5.74, 6) is 0.383. The number of hydrogen-bond acceptors (Lipinski definition) is 3. The molecular formula is C14H19ClN2O2. The van der Waals surface area contributed by atoms with Crippen molar-refractivity contribution in [2.75, 3.05) is 13.1 Å². The number of nitro benzene ring substituents is 1. The lowest BCUT2D eigenvalue weighted by Crippen LogP contribution is -2.18. The first-order chi connectivity index (χ1) is 8.95. The van der Waals surface area contributed by atoms with E-state index >= 15 is 0 Å². The van der Waals surface area contributed by atoms with E-state index in [-0.39, 0.29) is 10.7 Å². The summed E-state index contributed by atoms with van der Waals surface area (Å²) in [4.78, 5) is 10.4. The number of nitrogens with one attached hydrogen (secondary N) is 1. The number of halogens is 1. The van der Waals surface area contributed by atoms with Gasteiger partial charge in [-0.1, -0.05) is 50.1 Å². The highest BCUT2D eigenvalue weighted by molar-refractivity contribution is 6.32. The van der Waals surface area contributed by atoms with Crippen molar-refractivity contribution in [2.24, 2.45) is 5.92 Å². The van der Waals surface area contributed by atoms with E-state index in [1.54, 1.807) is 12.1 Å². The largest absolute Gasteiger partial charge is 0.313 e. The molecule has 104 valence electrons. The maximum absolute atomic E-state index is 10.9. The number of rotatable bonds is 6. The first kappa shape index (κ1) is 15.7. The molecular weight excluding hydrogens is 264 g/mol. The molecule has 1 aromatic carbocycles. The lowest BCUT2D eigenvalue weighted by Gasteiger charge is -2.12. The van der Waals surface area contributed by atoms with Crippen LogP contribution in [-0.4, -0.2) is 18.0 Å². The summed E-state index contributed by atoms with van der Waals surface area (Å²) in [5.41, 5.74) is 1.96. The Bertz CT molecular complexity index is 484. The molecule has 0 saturated carbocycles. The molecule has 0 saturated heterocycles. The minimum atomic E-state index is -0.459. The molecule has 0 aliphatic heterocycles. The summed E-state index contributed by atoms with van der Waals surface area (Å²) < 4.78 is 0. The first-order valence-electron chi connectivity index (χ1n) is 6.30. The Hall–Kier alpha value is -1.39. The van der Waals surface area contributed by atoms with Gasteiger partial charge in [-0.25, -0.2) is 0 Å². The van der Waals surface area contributed by atoms with Crippen LogP contribution in [0, 0.1) is 16.0 Å². The van der Waals surface area contributed by atoms with Gasteiger partial charge in [-0.3, -0.25) is 10.1 Å². The Kier molecular flexibility index (Phi) is 5.99. The predicted molar refractivity (Wildman–Crippen MR) is 79.5 cm³/mol. The summed E-state index contributed by atoms with van der Waals surface area (Å²) >= 11 is 5.80. The summed E-state index contributed by atoms with van der Waals surface area (Å²) in [6.45, 7) is 7.93. The molecule has 0 fully saturated rings. The van der Waals surface area contributed by atoms with Crippen LogP contribution in [0.1, 0.15) is 26.3 Å². The van der Waals surface area contributed by atoms with Gasteiger partial charge < -0.3 is 5.32 Å². The van der Waals surface area contributed by atoms with Crippen molar-refractivity contribution in [3.63, 3.8) is 0 Å². The minimum absolute atomic E-state index is 0.0537. The van der Waals surface area contributed by atoms with Crippen LogP contribution in [0.3, 0.4) is 0 Å². The molecule has 0 aliphatic carbocycles. The maximum Gasteiger partial charge on any atom is 0.288 e. The topological polar surface area (TPSA) is 55.2 Å². The SMILES string of the molecule is CCNCC(=Cc1ccc(Cl)c([N+](=O)[O-])c1)C(C)C. The Balaban J connectivity index is 3.07. The molecule has 0 radical (unpaired) electrons. The first-order valence-corrected chi connectivity index (χ1v) is 6.68. The van der Waals surface area contributed by atoms with Gasteiger partial charge in [-0.2, -0.15) is 0 Å². The van der Waals surface area contributed by atoms with Crippen LogP contribution in [0.2, 0.25) is 5.02 Å². The summed E-state index contributed by atoms with van der Waals surface area (Å²) in [5, 5.41) is 14.3. The van der Waals surface area contributed by atoms with Gasteiger partial charge in [0.15, 0.2) is 0 Å². The van der Waals surface area contributed by atoms with Gasteiger partial charge in [-0.05, 0) is 24.1 Å². The molecule has 0 amide bonds. The molecule has 19 heavy (non-hydrogen) atoms. The number of nitrogens with zero attached hydrogens (tertiary/aromatic N) is 1. The molecule has 0 atom stereocenters. The van der Waals surface area contributed by atoms with Gasteiger partial charge in [0.25, 0.3) is 5.69 Å². The summed E-state index contributed by atoms with van der Waals surface area (Å²) in [7, 11) is 0. The van der Waals surface area contributed by atoms with Crippen LogP contribution in [0.5, 0.6) is 0 Å². The second-order valence-electron chi connectivity index (χ2n) is 4.62. The number of nitro groups is 1. The molecule has 1 rings (SSSR count). The molecule has 0 aromatic heterocycles. The molecule has 5 heteroatoms. The number of likely N-dealkylation sites (N-methyl/N-ethyl adjacent to an activating group) is 1. The van der Waals surface area contributed by atoms with Crippen LogP contribution >= 0.6 is 11.6 Å². The third kappa shape index (κ3) is 4.65. The second-order valence-corrected chi connectivity index (χ2v) is 5.03. The quantitative estimate of drug-likeness (QED) is 0.636. The highest BCUT2D eigenvalue weighted by Gasteiger charge is 2.12. The minimum Gasteiger partial charge on any atom is -0.313 e. The Morgan fingerprint density at radius 1 is 1.53 bits per heavy atom. The second kappa shape index (κ2) is 7.26. The van der Waals surface area contributed by atoms with Crippen LogP contribution in [0.25, 0.3) is 6.08 Å². The zero-order chi connectivity index (χ0) is 14.4. The Labute approximate surface area is 118 Å². The molecule has 4 nitrogen and oxygen atoms in total. The summed E-state index contributed by atoms with van der Waals surface area (Å²) in [6, 6.07) is 4.87. The highest BCUT2D eigenvalue weighted by atomic mass is 35.5. The van der Waals surface area contributed by atoms with Crippen molar-refractivity contribution in [2.45, 2.75) is 20.8 Å². The average Bonchev–Trinajstić information content (AvgIpc) is 2.35. The molecule has 1 aromatic rings. The molecule has 0 aliphatic rings. The third-order valence-corrected chi connectivity index (χ3v) is 3.16.